The SMILES string of the molecule is C=CC(=O)OCCOCCOCCOC(=O)NCCCCCCNC(=O)OCCOCCOCCOC(=O)C=C. The van der Waals surface area contributed by atoms with Crippen molar-refractivity contribution in [2.24, 2.45) is 0 Å². The Labute approximate surface area is 235 Å². The maximum Gasteiger partial charge on any atom is 0.407 e. The minimum absolute atomic E-state index is 0.127. The smallest absolute Gasteiger partial charge is 0.407 e. The van der Waals surface area contributed by atoms with Gasteiger partial charge in [0.15, 0.2) is 0 Å². The van der Waals surface area contributed by atoms with Crippen LogP contribution in [-0.2, 0) is 47.5 Å². The maximum absolute atomic E-state index is 11.6. The van der Waals surface area contributed by atoms with Crippen LogP contribution in [0.3, 0.4) is 0 Å². The molecule has 230 valence electrons. The Morgan fingerprint density at radius 3 is 1.07 bits per heavy atom. The number of ether oxygens (including phenoxy) is 8. The molecule has 0 aromatic carbocycles. The quantitative estimate of drug-likeness (QED) is 0.0627. The molecular weight excluding hydrogens is 532 g/mol. The van der Waals surface area contributed by atoms with E-state index < -0.39 is 24.1 Å². The summed E-state index contributed by atoms with van der Waals surface area (Å²) in [6, 6.07) is 0. The number of amides is 2. The summed E-state index contributed by atoms with van der Waals surface area (Å²) in [7, 11) is 0. The van der Waals surface area contributed by atoms with Crippen molar-refractivity contribution in [2.45, 2.75) is 25.7 Å². The average molecular weight is 577 g/mol. The molecule has 0 heterocycles. The van der Waals surface area contributed by atoms with Crippen molar-refractivity contribution in [1.29, 1.82) is 0 Å². The van der Waals surface area contributed by atoms with Crippen molar-refractivity contribution in [1.82, 2.24) is 10.6 Å². The van der Waals surface area contributed by atoms with Gasteiger partial charge in [0.1, 0.15) is 26.4 Å². The summed E-state index contributed by atoms with van der Waals surface area (Å²) in [5, 5.41) is 5.33. The third kappa shape index (κ3) is 27.8. The van der Waals surface area contributed by atoms with Crippen LogP contribution in [0.15, 0.2) is 25.3 Å². The molecule has 0 aromatic rings. The lowest BCUT2D eigenvalue weighted by Gasteiger charge is -2.09. The summed E-state index contributed by atoms with van der Waals surface area (Å²) in [5.74, 6) is -0.989. The van der Waals surface area contributed by atoms with E-state index in [1.807, 2.05) is 0 Å². The minimum Gasteiger partial charge on any atom is -0.460 e. The largest absolute Gasteiger partial charge is 0.460 e. The summed E-state index contributed by atoms with van der Waals surface area (Å²) in [6.45, 7) is 10.5. The molecule has 14 heteroatoms. The van der Waals surface area contributed by atoms with Crippen LogP contribution in [-0.4, -0.2) is 116 Å². The van der Waals surface area contributed by atoms with Gasteiger partial charge < -0.3 is 48.5 Å². The van der Waals surface area contributed by atoms with Gasteiger partial charge in [-0.05, 0) is 12.8 Å². The molecule has 0 atom stereocenters. The van der Waals surface area contributed by atoms with Crippen LogP contribution in [0.25, 0.3) is 0 Å². The van der Waals surface area contributed by atoms with Gasteiger partial charge in [-0.3, -0.25) is 0 Å². The topological polar surface area (TPSA) is 166 Å². The summed E-state index contributed by atoms with van der Waals surface area (Å²) in [5.41, 5.74) is 0. The first kappa shape index (κ1) is 36.8. The van der Waals surface area contributed by atoms with Crippen LogP contribution in [0.1, 0.15) is 25.7 Å². The molecule has 40 heavy (non-hydrogen) atoms. The van der Waals surface area contributed by atoms with Crippen LogP contribution in [0, 0.1) is 0 Å². The van der Waals surface area contributed by atoms with Gasteiger partial charge in [0, 0.05) is 25.2 Å². The predicted octanol–water partition coefficient (Wildman–Crippen LogP) is 1.52. The van der Waals surface area contributed by atoms with E-state index in [2.05, 4.69) is 23.8 Å². The molecule has 0 saturated carbocycles. The van der Waals surface area contributed by atoms with E-state index in [0.29, 0.717) is 39.5 Å². The van der Waals surface area contributed by atoms with E-state index in [4.69, 9.17) is 37.9 Å². The molecule has 0 bridgehead atoms. The van der Waals surface area contributed by atoms with Crippen LogP contribution >= 0.6 is 0 Å². The lowest BCUT2D eigenvalue weighted by atomic mass is 10.2. The first-order valence-corrected chi connectivity index (χ1v) is 13.2. The van der Waals surface area contributed by atoms with E-state index in [-0.39, 0.29) is 52.9 Å². The molecule has 0 rings (SSSR count). The number of hydrogen-bond donors (Lipinski definition) is 2. The van der Waals surface area contributed by atoms with Crippen LogP contribution in [0.2, 0.25) is 0 Å². The number of hydrogen-bond acceptors (Lipinski definition) is 12. The number of esters is 2. The number of rotatable bonds is 27. The van der Waals surface area contributed by atoms with Crippen molar-refractivity contribution in [3.05, 3.63) is 25.3 Å². The molecule has 0 aliphatic carbocycles. The van der Waals surface area contributed by atoms with Crippen molar-refractivity contribution < 1.29 is 57.1 Å². The molecule has 0 aromatic heterocycles. The second-order valence-electron chi connectivity index (χ2n) is 7.73. The van der Waals surface area contributed by atoms with Crippen LogP contribution in [0.4, 0.5) is 9.59 Å². The van der Waals surface area contributed by atoms with Gasteiger partial charge in [-0.1, -0.05) is 26.0 Å². The fourth-order valence-corrected chi connectivity index (χ4v) is 2.64. The Bertz CT molecular complexity index is 647. The molecule has 0 unspecified atom stereocenters. The molecule has 0 fully saturated rings. The summed E-state index contributed by atoms with van der Waals surface area (Å²) >= 11 is 0. The number of carbonyl (C=O) groups is 4. The first-order valence-electron chi connectivity index (χ1n) is 13.2. The molecule has 0 radical (unpaired) electrons. The lowest BCUT2D eigenvalue weighted by molar-refractivity contribution is -0.140. The number of carbonyl (C=O) groups excluding carboxylic acids is 4. The van der Waals surface area contributed by atoms with E-state index in [9.17, 15) is 19.2 Å². The highest BCUT2D eigenvalue weighted by Crippen LogP contribution is 1.98. The molecule has 2 N–H and O–H groups in total. The highest BCUT2D eigenvalue weighted by Gasteiger charge is 2.03. The minimum atomic E-state index is -0.503. The van der Waals surface area contributed by atoms with Gasteiger partial charge >= 0.3 is 24.1 Å². The maximum atomic E-state index is 11.6. The zero-order valence-electron chi connectivity index (χ0n) is 23.2. The molecule has 2 amide bonds. The normalized spacial score (nSPS) is 10.3. The third-order valence-corrected chi connectivity index (χ3v) is 4.59. The fourth-order valence-electron chi connectivity index (χ4n) is 2.64. The number of unbranched alkanes of at least 4 members (excludes halogenated alkanes) is 3. The van der Waals surface area contributed by atoms with Crippen molar-refractivity contribution in [3.63, 3.8) is 0 Å². The zero-order valence-corrected chi connectivity index (χ0v) is 23.2. The van der Waals surface area contributed by atoms with Crippen molar-refractivity contribution >= 4 is 24.1 Å². The van der Waals surface area contributed by atoms with Gasteiger partial charge in [0.25, 0.3) is 0 Å². The highest BCUT2D eigenvalue weighted by atomic mass is 16.6. The van der Waals surface area contributed by atoms with E-state index in [1.165, 1.54) is 0 Å². The Morgan fingerprint density at radius 1 is 0.450 bits per heavy atom. The Balaban J connectivity index is 3.30. The van der Waals surface area contributed by atoms with Crippen LogP contribution < -0.4 is 10.6 Å². The summed E-state index contributed by atoms with van der Waals surface area (Å²) < 4.78 is 40.5. The second-order valence-corrected chi connectivity index (χ2v) is 7.73. The lowest BCUT2D eigenvalue weighted by Crippen LogP contribution is -2.27. The summed E-state index contributed by atoms with van der Waals surface area (Å²) in [4.78, 5) is 44.9. The van der Waals surface area contributed by atoms with Crippen LogP contribution in [0.5, 0.6) is 0 Å². The van der Waals surface area contributed by atoms with E-state index in [0.717, 1.165) is 37.8 Å². The Morgan fingerprint density at radius 2 is 0.750 bits per heavy atom. The molecule has 14 nitrogen and oxygen atoms in total. The third-order valence-electron chi connectivity index (χ3n) is 4.59. The molecule has 0 aliphatic rings. The second kappa shape index (κ2) is 28.8. The molecular formula is C26H44N2O12. The Kier molecular flexibility index (Phi) is 26.5. The highest BCUT2D eigenvalue weighted by molar-refractivity contribution is 5.81. The van der Waals surface area contributed by atoms with Crippen molar-refractivity contribution in [3.8, 4) is 0 Å². The zero-order chi connectivity index (χ0) is 29.5. The number of alkyl carbamates (subject to hydrolysis) is 2. The average Bonchev–Trinajstić information content (AvgIpc) is 2.95. The van der Waals surface area contributed by atoms with E-state index in [1.54, 1.807) is 0 Å². The monoisotopic (exact) mass is 576 g/mol. The van der Waals surface area contributed by atoms with E-state index >= 15 is 0 Å². The Hall–Kier alpha value is -3.20. The van der Waals surface area contributed by atoms with Gasteiger partial charge in [-0.15, -0.1) is 0 Å². The predicted molar refractivity (Wildman–Crippen MR) is 143 cm³/mol. The fraction of sp³-hybridized carbons (Fsp3) is 0.692. The molecule has 0 saturated heterocycles. The van der Waals surface area contributed by atoms with Crippen molar-refractivity contribution in [2.75, 3.05) is 92.4 Å². The van der Waals surface area contributed by atoms with Gasteiger partial charge in [0.2, 0.25) is 0 Å². The first-order chi connectivity index (χ1) is 19.5. The molecule has 0 aliphatic heterocycles. The summed E-state index contributed by atoms with van der Waals surface area (Å²) in [6.07, 6.45) is 4.51. The molecule has 0 spiro atoms. The van der Waals surface area contributed by atoms with Gasteiger partial charge in [-0.2, -0.15) is 0 Å². The number of nitrogens with one attached hydrogen (secondary N) is 2. The van der Waals surface area contributed by atoms with Gasteiger partial charge in [-0.25, -0.2) is 19.2 Å². The standard InChI is InChI=1S/C26H44N2O12/c1-3-23(29)37-19-15-33-11-13-35-17-21-39-25(31)27-9-7-5-6-8-10-28-26(32)40-22-18-36-14-12-34-16-20-38-24(30)4-2/h3-4H,1-2,5-22H2,(H,27,31)(H,28,32). The van der Waals surface area contributed by atoms with Gasteiger partial charge in [0.05, 0.1) is 52.9 Å².